The number of fused-ring (bicyclic) bond motifs is 1. The first-order valence-corrected chi connectivity index (χ1v) is 8.65. The molecule has 0 radical (unpaired) electrons. The van der Waals surface area contributed by atoms with Crippen LogP contribution in [0.1, 0.15) is 11.1 Å². The summed E-state index contributed by atoms with van der Waals surface area (Å²) in [4.78, 5) is 3.20. The Bertz CT molecular complexity index is 975. The molecule has 0 amide bonds. The van der Waals surface area contributed by atoms with Gasteiger partial charge in [0.2, 0.25) is 0 Å². The van der Waals surface area contributed by atoms with Gasteiger partial charge in [-0.25, -0.2) is 8.42 Å². The molecule has 5 nitrogen and oxygen atoms in total. The molecular formula is C17H18N2O3S. The Morgan fingerprint density at radius 3 is 2.57 bits per heavy atom. The summed E-state index contributed by atoms with van der Waals surface area (Å²) in [6.45, 7) is 3.79. The van der Waals surface area contributed by atoms with Gasteiger partial charge in [0, 0.05) is 17.1 Å². The average Bonchev–Trinajstić information content (AvgIpc) is 2.99. The van der Waals surface area contributed by atoms with Crippen LogP contribution in [0.2, 0.25) is 0 Å². The molecule has 0 atom stereocenters. The van der Waals surface area contributed by atoms with Crippen molar-refractivity contribution < 1.29 is 13.2 Å². The van der Waals surface area contributed by atoms with E-state index >= 15 is 0 Å². The maximum absolute atomic E-state index is 12.8. The lowest BCUT2D eigenvalue weighted by Crippen LogP contribution is -2.14. The average molecular weight is 330 g/mol. The number of hydrogen-bond donors (Lipinski definition) is 2. The van der Waals surface area contributed by atoms with Gasteiger partial charge in [-0.15, -0.1) is 0 Å². The topological polar surface area (TPSA) is 71.2 Å². The van der Waals surface area contributed by atoms with Crippen molar-refractivity contribution in [2.45, 2.75) is 18.7 Å². The fourth-order valence-electron chi connectivity index (χ4n) is 2.51. The highest BCUT2D eigenvalue weighted by atomic mass is 32.2. The third-order valence-corrected chi connectivity index (χ3v) is 5.30. The summed E-state index contributed by atoms with van der Waals surface area (Å²) < 4.78 is 33.5. The minimum Gasteiger partial charge on any atom is -0.495 e. The molecule has 0 saturated heterocycles. The molecule has 23 heavy (non-hydrogen) atoms. The van der Waals surface area contributed by atoms with Gasteiger partial charge in [0.1, 0.15) is 10.6 Å². The van der Waals surface area contributed by atoms with E-state index < -0.39 is 10.0 Å². The lowest BCUT2D eigenvalue weighted by atomic mass is 10.1. The molecule has 3 rings (SSSR count). The number of hydrogen-bond acceptors (Lipinski definition) is 3. The van der Waals surface area contributed by atoms with Crippen molar-refractivity contribution >= 4 is 26.6 Å². The van der Waals surface area contributed by atoms with E-state index in [1.807, 2.05) is 26.0 Å². The standard InChI is InChI=1S/C17H18N2O3S/c1-11-9-16(22-3)17(10-12(11)2)23(20,21)19-15-6-4-5-14-13(15)7-8-18-14/h4-10,18-19H,1-3H3. The number of benzene rings is 2. The molecule has 0 spiro atoms. The summed E-state index contributed by atoms with van der Waals surface area (Å²) in [5.74, 6) is 0.335. The first kappa shape index (κ1) is 15.4. The van der Waals surface area contributed by atoms with Gasteiger partial charge in [0.25, 0.3) is 10.0 Å². The zero-order chi connectivity index (χ0) is 16.6. The quantitative estimate of drug-likeness (QED) is 0.768. The zero-order valence-corrected chi connectivity index (χ0v) is 14.0. The van der Waals surface area contributed by atoms with E-state index in [2.05, 4.69) is 9.71 Å². The summed E-state index contributed by atoms with van der Waals surface area (Å²) in [6, 6.07) is 10.6. The van der Waals surface area contributed by atoms with Crippen LogP contribution in [0.15, 0.2) is 47.5 Å². The van der Waals surface area contributed by atoms with Crippen molar-refractivity contribution in [1.82, 2.24) is 4.98 Å². The first-order valence-electron chi connectivity index (χ1n) is 7.16. The molecular weight excluding hydrogens is 312 g/mol. The third kappa shape index (κ3) is 2.77. The Hall–Kier alpha value is -2.47. The van der Waals surface area contributed by atoms with Crippen molar-refractivity contribution in [1.29, 1.82) is 0 Å². The molecule has 0 unspecified atom stereocenters. The fourth-order valence-corrected chi connectivity index (χ4v) is 3.82. The number of rotatable bonds is 4. The Balaban J connectivity index is 2.09. The highest BCUT2D eigenvalue weighted by molar-refractivity contribution is 7.92. The number of aryl methyl sites for hydroxylation is 2. The van der Waals surface area contributed by atoms with E-state index in [1.165, 1.54) is 7.11 Å². The van der Waals surface area contributed by atoms with Gasteiger partial charge in [0.15, 0.2) is 0 Å². The van der Waals surface area contributed by atoms with E-state index in [4.69, 9.17) is 4.74 Å². The lowest BCUT2D eigenvalue weighted by Gasteiger charge is -2.14. The van der Waals surface area contributed by atoms with E-state index in [1.54, 1.807) is 30.5 Å². The van der Waals surface area contributed by atoms with Crippen LogP contribution in [-0.4, -0.2) is 20.5 Å². The largest absolute Gasteiger partial charge is 0.495 e. The fraction of sp³-hybridized carbons (Fsp3) is 0.176. The first-order chi connectivity index (χ1) is 10.9. The summed E-state index contributed by atoms with van der Waals surface area (Å²) >= 11 is 0. The molecule has 2 aromatic carbocycles. The molecule has 0 aliphatic heterocycles. The zero-order valence-electron chi connectivity index (χ0n) is 13.2. The Labute approximate surface area is 135 Å². The van der Waals surface area contributed by atoms with Crippen LogP contribution in [-0.2, 0) is 10.0 Å². The number of H-pyrrole nitrogens is 1. The van der Waals surface area contributed by atoms with Crippen LogP contribution in [0.4, 0.5) is 5.69 Å². The highest BCUT2D eigenvalue weighted by Gasteiger charge is 2.21. The highest BCUT2D eigenvalue weighted by Crippen LogP contribution is 2.30. The molecule has 0 aliphatic rings. The molecule has 0 saturated carbocycles. The normalized spacial score (nSPS) is 11.6. The maximum Gasteiger partial charge on any atom is 0.265 e. The predicted octanol–water partition coefficient (Wildman–Crippen LogP) is 3.59. The Morgan fingerprint density at radius 2 is 1.83 bits per heavy atom. The second-order valence-electron chi connectivity index (χ2n) is 5.44. The third-order valence-electron chi connectivity index (χ3n) is 3.91. The minimum atomic E-state index is -3.75. The number of anilines is 1. The number of methoxy groups -OCH3 is 1. The summed E-state index contributed by atoms with van der Waals surface area (Å²) in [5, 5.41) is 0.818. The SMILES string of the molecule is COc1cc(C)c(C)cc1S(=O)(=O)Nc1cccc2[nH]ccc12. The Kier molecular flexibility index (Phi) is 3.77. The van der Waals surface area contributed by atoms with Gasteiger partial charge in [0.05, 0.1) is 12.8 Å². The second kappa shape index (κ2) is 5.62. The van der Waals surface area contributed by atoms with Gasteiger partial charge < -0.3 is 9.72 Å². The molecule has 1 heterocycles. The second-order valence-corrected chi connectivity index (χ2v) is 7.09. The van der Waals surface area contributed by atoms with Crippen LogP contribution < -0.4 is 9.46 Å². The monoisotopic (exact) mass is 330 g/mol. The number of nitrogens with one attached hydrogen (secondary N) is 2. The minimum absolute atomic E-state index is 0.135. The van der Waals surface area contributed by atoms with Gasteiger partial charge >= 0.3 is 0 Å². The number of sulfonamides is 1. The number of ether oxygens (including phenoxy) is 1. The molecule has 2 N–H and O–H groups in total. The van der Waals surface area contributed by atoms with Crippen molar-refractivity contribution in [2.24, 2.45) is 0 Å². The van der Waals surface area contributed by atoms with Crippen molar-refractivity contribution in [3.05, 3.63) is 53.7 Å². The van der Waals surface area contributed by atoms with E-state index in [0.29, 0.717) is 11.4 Å². The van der Waals surface area contributed by atoms with Gasteiger partial charge in [-0.05, 0) is 55.3 Å². The summed E-state index contributed by atoms with van der Waals surface area (Å²) in [7, 11) is -2.29. The summed E-state index contributed by atoms with van der Waals surface area (Å²) in [5.41, 5.74) is 3.28. The molecule has 0 aliphatic carbocycles. The molecule has 0 bridgehead atoms. The molecule has 1 aromatic heterocycles. The van der Waals surface area contributed by atoms with Crippen molar-refractivity contribution in [2.75, 3.05) is 11.8 Å². The number of aromatic nitrogens is 1. The summed E-state index contributed by atoms with van der Waals surface area (Å²) in [6.07, 6.45) is 1.78. The van der Waals surface area contributed by atoms with Gasteiger partial charge in [-0.3, -0.25) is 4.72 Å². The van der Waals surface area contributed by atoms with Gasteiger partial charge in [-0.1, -0.05) is 6.07 Å². The molecule has 6 heteroatoms. The van der Waals surface area contributed by atoms with Crippen LogP contribution in [0, 0.1) is 13.8 Å². The Morgan fingerprint density at radius 1 is 1.09 bits per heavy atom. The lowest BCUT2D eigenvalue weighted by molar-refractivity contribution is 0.402. The predicted molar refractivity (Wildman–Crippen MR) is 91.6 cm³/mol. The molecule has 120 valence electrons. The van der Waals surface area contributed by atoms with E-state index in [9.17, 15) is 8.42 Å². The van der Waals surface area contributed by atoms with Crippen LogP contribution in [0.25, 0.3) is 10.9 Å². The van der Waals surface area contributed by atoms with Gasteiger partial charge in [-0.2, -0.15) is 0 Å². The van der Waals surface area contributed by atoms with Crippen LogP contribution in [0.5, 0.6) is 5.75 Å². The number of aromatic amines is 1. The van der Waals surface area contributed by atoms with E-state index in [0.717, 1.165) is 22.0 Å². The van der Waals surface area contributed by atoms with Crippen LogP contribution >= 0.6 is 0 Å². The smallest absolute Gasteiger partial charge is 0.265 e. The van der Waals surface area contributed by atoms with E-state index in [-0.39, 0.29) is 4.90 Å². The van der Waals surface area contributed by atoms with Crippen LogP contribution in [0.3, 0.4) is 0 Å². The van der Waals surface area contributed by atoms with Crippen molar-refractivity contribution in [3.8, 4) is 5.75 Å². The maximum atomic E-state index is 12.8. The van der Waals surface area contributed by atoms with Crippen molar-refractivity contribution in [3.63, 3.8) is 0 Å². The molecule has 0 fully saturated rings. The molecule has 3 aromatic rings.